The van der Waals surface area contributed by atoms with Crippen molar-refractivity contribution in [2.75, 3.05) is 5.73 Å². The third-order valence-corrected chi connectivity index (χ3v) is 3.28. The van der Waals surface area contributed by atoms with Gasteiger partial charge in [0.05, 0.1) is 5.52 Å². The number of nitrogens with two attached hydrogens (primary N) is 1. The fourth-order valence-electron chi connectivity index (χ4n) is 2.36. The zero-order valence-electron chi connectivity index (χ0n) is 10.8. The van der Waals surface area contributed by atoms with E-state index in [1.165, 1.54) is 0 Å². The number of anilines is 1. The summed E-state index contributed by atoms with van der Waals surface area (Å²) in [6, 6.07) is 9.54. The Balaban J connectivity index is 2.05. The van der Waals surface area contributed by atoms with Crippen molar-refractivity contribution in [1.82, 2.24) is 24.9 Å². The zero-order chi connectivity index (χ0) is 14.4. The Labute approximate surface area is 117 Å². The number of nitrogen functional groups attached to an aromatic ring is 1. The molecule has 21 heavy (non-hydrogen) atoms. The minimum atomic E-state index is -0.338. The molecule has 0 spiro atoms. The molecule has 0 atom stereocenters. The predicted octanol–water partition coefficient (Wildman–Crippen LogP) is 1.44. The Bertz CT molecular complexity index is 1030. The second-order valence-electron chi connectivity index (χ2n) is 4.61. The Morgan fingerprint density at radius 2 is 1.95 bits per heavy atom. The molecule has 0 amide bonds. The van der Waals surface area contributed by atoms with E-state index in [9.17, 15) is 4.79 Å². The van der Waals surface area contributed by atoms with E-state index in [1.807, 2.05) is 30.3 Å². The van der Waals surface area contributed by atoms with E-state index in [2.05, 4.69) is 24.9 Å². The third-order valence-electron chi connectivity index (χ3n) is 3.28. The molecule has 4 aromatic rings. The van der Waals surface area contributed by atoms with Crippen LogP contribution in [0, 0.1) is 0 Å². The third kappa shape index (κ3) is 1.75. The van der Waals surface area contributed by atoms with Crippen LogP contribution in [0.5, 0.6) is 0 Å². The summed E-state index contributed by atoms with van der Waals surface area (Å²) in [5, 5.41) is 0.948. The van der Waals surface area contributed by atoms with Gasteiger partial charge in [-0.25, -0.2) is 4.98 Å². The molecule has 0 radical (unpaired) electrons. The zero-order valence-corrected chi connectivity index (χ0v) is 10.8. The number of nitrogens with one attached hydrogen (secondary N) is 2. The predicted molar refractivity (Wildman–Crippen MR) is 79.7 cm³/mol. The van der Waals surface area contributed by atoms with Crippen molar-refractivity contribution in [3.05, 3.63) is 46.9 Å². The molecule has 7 nitrogen and oxygen atoms in total. The van der Waals surface area contributed by atoms with Gasteiger partial charge in [-0.05, 0) is 12.1 Å². The number of benzene rings is 1. The minimum Gasteiger partial charge on any atom is -0.369 e. The van der Waals surface area contributed by atoms with Gasteiger partial charge in [-0.1, -0.05) is 18.2 Å². The SMILES string of the molecule is Nc1nc2nc(-c3cccc4ncccc34)[nH]c2c(=O)[nH]1. The largest absolute Gasteiger partial charge is 0.369 e. The normalized spacial score (nSPS) is 11.2. The van der Waals surface area contributed by atoms with Gasteiger partial charge in [0.15, 0.2) is 11.2 Å². The van der Waals surface area contributed by atoms with Crippen LogP contribution in [0.15, 0.2) is 41.3 Å². The number of fused-ring (bicyclic) bond motifs is 2. The standard InChI is InChI=1S/C14H10N6O/c15-14-19-12-10(13(21)20-14)17-11(18-12)8-3-1-5-9-7(8)4-2-6-16-9/h1-6H,(H4,15,17,18,19,20,21). The highest BCUT2D eigenvalue weighted by Crippen LogP contribution is 2.26. The molecule has 4 N–H and O–H groups in total. The summed E-state index contributed by atoms with van der Waals surface area (Å²) in [5.41, 5.74) is 7.51. The van der Waals surface area contributed by atoms with E-state index in [4.69, 9.17) is 5.73 Å². The highest BCUT2D eigenvalue weighted by Gasteiger charge is 2.12. The van der Waals surface area contributed by atoms with Crippen molar-refractivity contribution >= 4 is 28.0 Å². The van der Waals surface area contributed by atoms with Crippen LogP contribution in [-0.2, 0) is 0 Å². The van der Waals surface area contributed by atoms with Crippen molar-refractivity contribution in [2.45, 2.75) is 0 Å². The number of imidazole rings is 1. The molecule has 0 saturated heterocycles. The maximum Gasteiger partial charge on any atom is 0.278 e. The molecule has 0 saturated carbocycles. The van der Waals surface area contributed by atoms with E-state index in [0.29, 0.717) is 17.0 Å². The maximum atomic E-state index is 11.8. The Hall–Kier alpha value is -3.22. The fraction of sp³-hybridized carbons (Fsp3) is 0. The van der Waals surface area contributed by atoms with Gasteiger partial charge < -0.3 is 10.7 Å². The first-order valence-corrected chi connectivity index (χ1v) is 6.32. The molecule has 0 aliphatic carbocycles. The maximum absolute atomic E-state index is 11.8. The van der Waals surface area contributed by atoms with Crippen LogP contribution < -0.4 is 11.3 Å². The van der Waals surface area contributed by atoms with Crippen molar-refractivity contribution in [1.29, 1.82) is 0 Å². The summed E-state index contributed by atoms with van der Waals surface area (Å²) in [6.45, 7) is 0. The molecule has 3 heterocycles. The molecular formula is C14H10N6O. The van der Waals surface area contributed by atoms with Gasteiger partial charge in [-0.3, -0.25) is 14.8 Å². The Morgan fingerprint density at radius 3 is 2.86 bits per heavy atom. The van der Waals surface area contributed by atoms with E-state index in [1.54, 1.807) is 6.20 Å². The van der Waals surface area contributed by atoms with Crippen molar-refractivity contribution < 1.29 is 0 Å². The van der Waals surface area contributed by atoms with Gasteiger partial charge in [-0.2, -0.15) is 4.98 Å². The Morgan fingerprint density at radius 1 is 1.05 bits per heavy atom. The average molecular weight is 278 g/mol. The lowest BCUT2D eigenvalue weighted by molar-refractivity contribution is 1.17. The molecule has 0 fully saturated rings. The summed E-state index contributed by atoms with van der Waals surface area (Å²) in [5.74, 6) is 0.609. The summed E-state index contributed by atoms with van der Waals surface area (Å²) in [7, 11) is 0. The number of nitrogens with zero attached hydrogens (tertiary/aromatic N) is 3. The van der Waals surface area contributed by atoms with Crippen LogP contribution in [0.3, 0.4) is 0 Å². The first kappa shape index (κ1) is 11.6. The van der Waals surface area contributed by atoms with Crippen LogP contribution in [0.2, 0.25) is 0 Å². The second kappa shape index (κ2) is 4.14. The van der Waals surface area contributed by atoms with E-state index in [-0.39, 0.29) is 11.5 Å². The van der Waals surface area contributed by atoms with Gasteiger partial charge in [0.2, 0.25) is 5.95 Å². The summed E-state index contributed by atoms with van der Waals surface area (Å²) in [6.07, 6.45) is 1.73. The van der Waals surface area contributed by atoms with Gasteiger partial charge in [0, 0.05) is 17.1 Å². The lowest BCUT2D eigenvalue weighted by Gasteiger charge is -2.02. The number of H-pyrrole nitrogens is 2. The molecule has 4 rings (SSSR count). The van der Waals surface area contributed by atoms with Crippen LogP contribution >= 0.6 is 0 Å². The number of hydrogen-bond donors (Lipinski definition) is 3. The summed E-state index contributed by atoms with van der Waals surface area (Å²) in [4.78, 5) is 30.0. The molecule has 0 unspecified atom stereocenters. The highest BCUT2D eigenvalue weighted by molar-refractivity contribution is 5.94. The monoisotopic (exact) mass is 278 g/mol. The molecule has 3 aromatic heterocycles. The van der Waals surface area contributed by atoms with Crippen molar-refractivity contribution in [3.8, 4) is 11.4 Å². The quantitative estimate of drug-likeness (QED) is 0.487. The van der Waals surface area contributed by atoms with E-state index in [0.717, 1.165) is 16.5 Å². The Kier molecular flexibility index (Phi) is 2.28. The molecule has 102 valence electrons. The van der Waals surface area contributed by atoms with E-state index >= 15 is 0 Å². The summed E-state index contributed by atoms with van der Waals surface area (Å²) >= 11 is 0. The molecular weight excluding hydrogens is 268 g/mol. The topological polar surface area (TPSA) is 113 Å². The average Bonchev–Trinajstić information content (AvgIpc) is 2.90. The van der Waals surface area contributed by atoms with Crippen LogP contribution in [0.4, 0.5) is 5.95 Å². The number of aromatic nitrogens is 5. The van der Waals surface area contributed by atoms with Crippen LogP contribution in [-0.4, -0.2) is 24.9 Å². The number of aromatic amines is 2. The first-order valence-electron chi connectivity index (χ1n) is 6.32. The van der Waals surface area contributed by atoms with Gasteiger partial charge in [0.25, 0.3) is 5.56 Å². The first-order chi connectivity index (χ1) is 10.2. The van der Waals surface area contributed by atoms with Crippen LogP contribution in [0.25, 0.3) is 33.5 Å². The molecule has 1 aromatic carbocycles. The minimum absolute atomic E-state index is 0.0464. The number of rotatable bonds is 1. The van der Waals surface area contributed by atoms with Gasteiger partial charge in [-0.15, -0.1) is 0 Å². The molecule has 7 heteroatoms. The summed E-state index contributed by atoms with van der Waals surface area (Å²) < 4.78 is 0. The number of hydrogen-bond acceptors (Lipinski definition) is 5. The van der Waals surface area contributed by atoms with Crippen molar-refractivity contribution in [2.24, 2.45) is 0 Å². The van der Waals surface area contributed by atoms with Crippen molar-refractivity contribution in [3.63, 3.8) is 0 Å². The molecule has 0 aliphatic rings. The highest BCUT2D eigenvalue weighted by atomic mass is 16.1. The molecule has 0 bridgehead atoms. The van der Waals surface area contributed by atoms with Gasteiger partial charge in [0.1, 0.15) is 5.82 Å². The lowest BCUT2D eigenvalue weighted by Crippen LogP contribution is -2.10. The number of pyridine rings is 1. The van der Waals surface area contributed by atoms with E-state index < -0.39 is 0 Å². The fourth-order valence-corrected chi connectivity index (χ4v) is 2.36. The van der Waals surface area contributed by atoms with Crippen LogP contribution in [0.1, 0.15) is 0 Å². The van der Waals surface area contributed by atoms with Gasteiger partial charge >= 0.3 is 0 Å². The lowest BCUT2D eigenvalue weighted by atomic mass is 10.1. The molecule has 0 aliphatic heterocycles. The smallest absolute Gasteiger partial charge is 0.278 e. The second-order valence-corrected chi connectivity index (χ2v) is 4.61.